The number of benzene rings is 1. The molecule has 0 unspecified atom stereocenters. The minimum atomic E-state index is 0.0410. The Balaban J connectivity index is 2.18. The fourth-order valence-electron chi connectivity index (χ4n) is 0.967. The molecule has 1 nitrogen and oxygen atoms in total. The molecule has 0 fully saturated rings. The highest BCUT2D eigenvalue weighted by atomic mass is 127. The van der Waals surface area contributed by atoms with E-state index in [9.17, 15) is 0 Å². The molecule has 14 heavy (non-hydrogen) atoms. The topological polar surface area (TPSA) is 23.8 Å². The Morgan fingerprint density at radius 3 is 2.79 bits per heavy atom. The molecule has 0 aliphatic rings. The van der Waals surface area contributed by atoms with Crippen molar-refractivity contribution in [3.63, 3.8) is 0 Å². The van der Waals surface area contributed by atoms with Crippen LogP contribution >= 0.6 is 0 Å². The van der Waals surface area contributed by atoms with Crippen molar-refractivity contribution >= 4 is 0 Å². The van der Waals surface area contributed by atoms with E-state index in [4.69, 9.17) is 5.26 Å². The number of hydrogen-bond acceptors (Lipinski definition) is 1. The molecular weight excluding hydrogens is 285 g/mol. The minimum Gasteiger partial charge on any atom is -0.198 e. The highest BCUT2D eigenvalue weighted by Gasteiger charge is 2.03. The van der Waals surface area contributed by atoms with Gasteiger partial charge in [-0.15, -0.1) is 0 Å². The molecule has 72 valence electrons. The van der Waals surface area contributed by atoms with Gasteiger partial charge in [0.25, 0.3) is 0 Å². The second-order valence-corrected chi connectivity index (χ2v) is 5.40. The molecule has 1 aromatic carbocycles. The van der Waals surface area contributed by atoms with Gasteiger partial charge < -0.3 is 0 Å². The predicted molar refractivity (Wildman–Crippen MR) is 53.7 cm³/mol. The highest BCUT2D eigenvalue weighted by molar-refractivity contribution is 4.99. The summed E-state index contributed by atoms with van der Waals surface area (Å²) in [5, 5.41) is 8.33. The number of unbranched alkanes of at least 4 members (excludes halogenated alkanes) is 2. The van der Waals surface area contributed by atoms with Crippen molar-refractivity contribution < 1.29 is 21.2 Å². The molecule has 0 heterocycles. The molecule has 0 bridgehead atoms. The van der Waals surface area contributed by atoms with Gasteiger partial charge in [0.1, 0.15) is 0 Å². The van der Waals surface area contributed by atoms with E-state index in [0.29, 0.717) is 6.42 Å². The molecule has 0 aliphatic heterocycles. The van der Waals surface area contributed by atoms with Crippen molar-refractivity contribution in [2.45, 2.75) is 19.3 Å². The van der Waals surface area contributed by atoms with Crippen LogP contribution in [0.1, 0.15) is 19.3 Å². The van der Waals surface area contributed by atoms with Crippen molar-refractivity contribution in [2.24, 2.45) is 0 Å². The molecule has 0 saturated carbocycles. The SMILES string of the molecule is N#CCCC/C=C/[I+]c1ccccc1. The maximum absolute atomic E-state index is 8.33. The number of halogens is 1. The van der Waals surface area contributed by atoms with E-state index in [1.807, 2.05) is 6.07 Å². The molecule has 0 aromatic heterocycles. The second kappa shape index (κ2) is 7.57. The van der Waals surface area contributed by atoms with Crippen LogP contribution in [0.3, 0.4) is 0 Å². The van der Waals surface area contributed by atoms with Crippen molar-refractivity contribution in [2.75, 3.05) is 0 Å². The van der Waals surface area contributed by atoms with Crippen LogP contribution in [0.25, 0.3) is 0 Å². The molecule has 0 amide bonds. The zero-order valence-corrected chi connectivity index (χ0v) is 10.1. The van der Waals surface area contributed by atoms with Crippen LogP contribution in [0.2, 0.25) is 0 Å². The van der Waals surface area contributed by atoms with E-state index in [-0.39, 0.29) is 21.2 Å². The first-order valence-corrected chi connectivity index (χ1v) is 6.96. The first-order valence-electron chi connectivity index (χ1n) is 4.64. The Bertz CT molecular complexity index is 311. The Morgan fingerprint density at radius 2 is 2.07 bits per heavy atom. The van der Waals surface area contributed by atoms with E-state index in [2.05, 4.69) is 40.5 Å². The molecule has 0 radical (unpaired) electrons. The Labute approximate surface area is 95.7 Å². The largest absolute Gasteiger partial charge is 0.349 e. The summed E-state index contributed by atoms with van der Waals surface area (Å²) in [5.41, 5.74) is 0. The summed E-state index contributed by atoms with van der Waals surface area (Å²) in [7, 11) is 0. The van der Waals surface area contributed by atoms with Gasteiger partial charge in [-0.05, 0) is 31.1 Å². The molecule has 0 N–H and O–H groups in total. The van der Waals surface area contributed by atoms with Crippen molar-refractivity contribution in [1.82, 2.24) is 0 Å². The standard InChI is InChI=1S/C12H13IN/c14-11-7-2-1-6-10-13-12-8-4-3-5-9-12/h3-6,8-10H,1-2,7H2/q+1/b10-6+. The quantitative estimate of drug-likeness (QED) is 0.561. The van der Waals surface area contributed by atoms with Crippen LogP contribution in [-0.4, -0.2) is 0 Å². The molecule has 1 aromatic rings. The van der Waals surface area contributed by atoms with Crippen LogP contribution < -0.4 is 21.2 Å². The van der Waals surface area contributed by atoms with Gasteiger partial charge in [0.2, 0.25) is 0 Å². The zero-order chi connectivity index (χ0) is 10.1. The Kier molecular flexibility index (Phi) is 6.09. The van der Waals surface area contributed by atoms with Gasteiger partial charge in [-0.3, -0.25) is 0 Å². The number of hydrogen-bond donors (Lipinski definition) is 0. The smallest absolute Gasteiger partial charge is 0.198 e. The monoisotopic (exact) mass is 298 g/mol. The van der Waals surface area contributed by atoms with Crippen molar-refractivity contribution in [3.8, 4) is 6.07 Å². The van der Waals surface area contributed by atoms with Gasteiger partial charge in [0, 0.05) is 6.42 Å². The Hall–Kier alpha value is -0.820. The molecular formula is C12H13IN+. The predicted octanol–water partition coefficient (Wildman–Crippen LogP) is 0.153. The maximum atomic E-state index is 8.33. The van der Waals surface area contributed by atoms with Crippen LogP contribution in [0.4, 0.5) is 0 Å². The van der Waals surface area contributed by atoms with Crippen molar-refractivity contribution in [1.29, 1.82) is 5.26 Å². The van der Waals surface area contributed by atoms with Gasteiger partial charge in [-0.25, -0.2) is 0 Å². The number of allylic oxidation sites excluding steroid dienone is 1. The molecule has 0 saturated heterocycles. The fourth-order valence-corrected chi connectivity index (χ4v) is 2.83. The van der Waals surface area contributed by atoms with Gasteiger partial charge in [0.15, 0.2) is 7.65 Å². The lowest BCUT2D eigenvalue weighted by atomic mass is 10.2. The number of nitrogens with zero attached hydrogens (tertiary/aromatic N) is 1. The number of nitriles is 1. The van der Waals surface area contributed by atoms with E-state index in [0.717, 1.165) is 12.8 Å². The van der Waals surface area contributed by atoms with E-state index < -0.39 is 0 Å². The van der Waals surface area contributed by atoms with Crippen LogP contribution in [0, 0.1) is 14.9 Å². The molecule has 0 aliphatic carbocycles. The third kappa shape index (κ3) is 5.03. The first-order chi connectivity index (χ1) is 6.93. The van der Waals surface area contributed by atoms with E-state index in [1.165, 1.54) is 3.57 Å². The minimum absolute atomic E-state index is 0.0410. The summed E-state index contributed by atoms with van der Waals surface area (Å²) in [4.78, 5) is 0. The summed E-state index contributed by atoms with van der Waals surface area (Å²) in [6, 6.07) is 12.7. The lowest BCUT2D eigenvalue weighted by Crippen LogP contribution is -3.59. The maximum Gasteiger partial charge on any atom is 0.349 e. The van der Waals surface area contributed by atoms with Crippen molar-refractivity contribution in [3.05, 3.63) is 44.1 Å². The average Bonchev–Trinajstić information content (AvgIpc) is 2.25. The van der Waals surface area contributed by atoms with Crippen LogP contribution in [-0.2, 0) is 0 Å². The summed E-state index contributed by atoms with van der Waals surface area (Å²) < 4.78 is 3.73. The van der Waals surface area contributed by atoms with Crippen LogP contribution in [0.5, 0.6) is 0 Å². The molecule has 0 atom stereocenters. The summed E-state index contributed by atoms with van der Waals surface area (Å²) in [5.74, 6) is 0. The third-order valence-corrected chi connectivity index (χ3v) is 3.98. The van der Waals surface area contributed by atoms with Gasteiger partial charge in [-0.1, -0.05) is 18.2 Å². The summed E-state index contributed by atoms with van der Waals surface area (Å²) >= 11 is 0.0410. The van der Waals surface area contributed by atoms with Gasteiger partial charge in [-0.2, -0.15) is 5.26 Å². The summed E-state index contributed by atoms with van der Waals surface area (Å²) in [6.45, 7) is 0. The third-order valence-electron chi connectivity index (χ3n) is 1.67. The first kappa shape index (κ1) is 11.3. The zero-order valence-electron chi connectivity index (χ0n) is 7.99. The lowest BCUT2D eigenvalue weighted by molar-refractivity contribution is -0.557. The molecule has 2 heteroatoms. The van der Waals surface area contributed by atoms with Gasteiger partial charge in [0.05, 0.1) is 6.07 Å². The summed E-state index contributed by atoms with van der Waals surface area (Å²) in [6.07, 6.45) is 4.91. The molecule has 0 spiro atoms. The highest BCUT2D eigenvalue weighted by Crippen LogP contribution is 1.92. The number of rotatable bonds is 5. The lowest BCUT2D eigenvalue weighted by Gasteiger charge is -1.82. The average molecular weight is 298 g/mol. The van der Waals surface area contributed by atoms with E-state index in [1.54, 1.807) is 0 Å². The van der Waals surface area contributed by atoms with E-state index >= 15 is 0 Å². The normalized spacial score (nSPS) is 10.2. The molecule has 1 rings (SSSR count). The second-order valence-electron chi connectivity index (χ2n) is 2.82. The Morgan fingerprint density at radius 1 is 1.29 bits per heavy atom. The van der Waals surface area contributed by atoms with Gasteiger partial charge >= 0.3 is 21.2 Å². The van der Waals surface area contributed by atoms with Crippen LogP contribution in [0.15, 0.2) is 40.5 Å². The fraction of sp³-hybridized carbons (Fsp3) is 0.250.